The van der Waals surface area contributed by atoms with Gasteiger partial charge in [0.1, 0.15) is 0 Å². The molecule has 10 heavy (non-hydrogen) atoms. The van der Waals surface area contributed by atoms with Gasteiger partial charge in [0.25, 0.3) is 0 Å². The lowest BCUT2D eigenvalue weighted by atomic mass is 14.0. The maximum absolute atomic E-state index is 10.0. The van der Waals surface area contributed by atoms with E-state index in [-0.39, 0.29) is 6.15 Å². The van der Waals surface area contributed by atoms with Crippen LogP contribution in [-0.4, -0.2) is 14.7 Å². The Kier molecular flexibility index (Phi) is 5.19. The Hall–Kier alpha value is 0.690. The molecule has 0 rings (SSSR count). The first kappa shape index (κ1) is 13.3. The lowest BCUT2D eigenvalue weighted by molar-refractivity contribution is 0.270. The molecular weight excluding hydrogens is 203 g/mol. The molecule has 0 aromatic carbocycles. The summed E-state index contributed by atoms with van der Waals surface area (Å²) >= 11 is 0. The van der Waals surface area contributed by atoms with Crippen molar-refractivity contribution in [3.63, 3.8) is 0 Å². The van der Waals surface area contributed by atoms with E-state index in [4.69, 9.17) is 14.7 Å². The van der Waals surface area contributed by atoms with E-state index < -0.39 is 15.1 Å². The van der Waals surface area contributed by atoms with E-state index in [0.29, 0.717) is 0 Å². The van der Waals surface area contributed by atoms with Crippen LogP contribution in [-0.2, 0) is 13.4 Å². The maximum atomic E-state index is 10.0. The highest BCUT2D eigenvalue weighted by Gasteiger charge is 2.25. The molecule has 0 saturated heterocycles. The Labute approximate surface area is 59.2 Å². The summed E-state index contributed by atoms with van der Waals surface area (Å²) in [6, 6.07) is 0. The molecular formula is H8NO6P3. The van der Waals surface area contributed by atoms with Crippen LogP contribution in [0.15, 0.2) is 0 Å². The fourth-order valence-corrected chi connectivity index (χ4v) is 2.48. The molecule has 0 fully saturated rings. The molecule has 0 spiro atoms. The van der Waals surface area contributed by atoms with Crippen LogP contribution in [0.25, 0.3) is 0 Å². The number of phosphoric acid groups is 1. The molecule has 0 aromatic rings. The van der Waals surface area contributed by atoms with E-state index in [2.05, 4.69) is 4.31 Å². The second-order valence-electron chi connectivity index (χ2n) is 1.14. The Morgan fingerprint density at radius 2 is 1.50 bits per heavy atom. The normalized spacial score (nSPS) is 17.2. The first-order valence-electron chi connectivity index (χ1n) is 1.59. The van der Waals surface area contributed by atoms with Crippen LogP contribution in [0.1, 0.15) is 0 Å². The predicted molar refractivity (Wildman–Crippen MR) is 37.7 cm³/mol. The van der Waals surface area contributed by atoms with Crippen molar-refractivity contribution >= 4 is 24.0 Å². The van der Waals surface area contributed by atoms with Crippen LogP contribution in [0.2, 0.25) is 0 Å². The van der Waals surface area contributed by atoms with Crippen LogP contribution in [0.3, 0.4) is 0 Å². The van der Waals surface area contributed by atoms with Crippen LogP contribution in [0.4, 0.5) is 0 Å². The highest BCUT2D eigenvalue weighted by atomic mass is 32.1. The van der Waals surface area contributed by atoms with Crippen molar-refractivity contribution in [1.82, 2.24) is 6.15 Å². The molecule has 0 aromatic heterocycles. The smallest absolute Gasteiger partial charge is 0.344 e. The Morgan fingerprint density at radius 1 is 1.20 bits per heavy atom. The SMILES string of the molecule is N.O=P(O)(O)OP(=O)(O)P. The average Bonchev–Trinajstić information content (AvgIpc) is 1.14. The van der Waals surface area contributed by atoms with Crippen molar-refractivity contribution in [3.05, 3.63) is 0 Å². The standard InChI is InChI=1S/H3N.H5O6P3/c;1-8(2,3)6-9(4,5)7/h1H3;7H2,(H,4,5)(H2,1,2,3). The van der Waals surface area contributed by atoms with Gasteiger partial charge in [0.15, 0.2) is 0 Å². The van der Waals surface area contributed by atoms with Crippen molar-refractivity contribution in [2.75, 3.05) is 0 Å². The first-order chi connectivity index (χ1) is 3.71. The fourth-order valence-electron chi connectivity index (χ4n) is 0.152. The molecule has 2 unspecified atom stereocenters. The van der Waals surface area contributed by atoms with Gasteiger partial charge in [0.05, 0.1) is 0 Å². The Morgan fingerprint density at radius 3 is 1.50 bits per heavy atom. The van der Waals surface area contributed by atoms with Crippen LogP contribution < -0.4 is 6.15 Å². The maximum Gasteiger partial charge on any atom is 0.477 e. The molecule has 0 aliphatic carbocycles. The number of hydrogen-bond acceptors (Lipinski definition) is 4. The van der Waals surface area contributed by atoms with Gasteiger partial charge in [-0.2, -0.15) is 0 Å². The zero-order chi connectivity index (χ0) is 7.71. The molecule has 0 bridgehead atoms. The third-order valence-electron chi connectivity index (χ3n) is 0.223. The molecule has 0 radical (unpaired) electrons. The lowest BCUT2D eigenvalue weighted by Gasteiger charge is -2.05. The van der Waals surface area contributed by atoms with Crippen LogP contribution >= 0.6 is 24.0 Å². The highest BCUT2D eigenvalue weighted by Crippen LogP contribution is 2.61. The zero-order valence-corrected chi connectivity index (χ0v) is 7.69. The summed E-state index contributed by atoms with van der Waals surface area (Å²) in [5.74, 6) is 0. The van der Waals surface area contributed by atoms with E-state index in [1.54, 1.807) is 0 Å². The van der Waals surface area contributed by atoms with E-state index in [1.807, 2.05) is 0 Å². The van der Waals surface area contributed by atoms with Gasteiger partial charge in [-0.1, -0.05) is 0 Å². The summed E-state index contributed by atoms with van der Waals surface area (Å²) in [6.45, 7) is 0. The van der Waals surface area contributed by atoms with Crippen LogP contribution in [0, 0.1) is 0 Å². The first-order valence-corrected chi connectivity index (χ1v) is 6.31. The van der Waals surface area contributed by atoms with Crippen molar-refractivity contribution in [2.24, 2.45) is 0 Å². The largest absolute Gasteiger partial charge is 0.477 e. The van der Waals surface area contributed by atoms with Gasteiger partial charge < -0.3 is 20.8 Å². The van der Waals surface area contributed by atoms with Crippen molar-refractivity contribution in [2.45, 2.75) is 0 Å². The summed E-state index contributed by atoms with van der Waals surface area (Å²) in [5, 5.41) is 0. The molecule has 2 atom stereocenters. The minimum atomic E-state index is -4.82. The molecule has 7 nitrogen and oxygen atoms in total. The molecule has 0 saturated carbocycles. The van der Waals surface area contributed by atoms with Crippen molar-refractivity contribution < 1.29 is 28.1 Å². The van der Waals surface area contributed by atoms with Gasteiger partial charge in [-0.3, -0.25) is 4.57 Å². The van der Waals surface area contributed by atoms with E-state index in [0.717, 1.165) is 0 Å². The Balaban J connectivity index is 0. The second kappa shape index (κ2) is 3.90. The van der Waals surface area contributed by atoms with Gasteiger partial charge in [-0.15, -0.1) is 0 Å². The van der Waals surface area contributed by atoms with E-state index >= 15 is 0 Å². The number of rotatable bonds is 2. The van der Waals surface area contributed by atoms with Crippen LogP contribution in [0.5, 0.6) is 0 Å². The topological polar surface area (TPSA) is 139 Å². The van der Waals surface area contributed by atoms with E-state index in [9.17, 15) is 9.13 Å². The molecule has 64 valence electrons. The summed E-state index contributed by atoms with van der Waals surface area (Å²) in [4.78, 5) is 24.0. The van der Waals surface area contributed by atoms with Gasteiger partial charge in [0.2, 0.25) is 0 Å². The van der Waals surface area contributed by atoms with Crippen molar-refractivity contribution in [1.29, 1.82) is 0 Å². The predicted octanol–water partition coefficient (Wildman–Crippen LogP) is 0.233. The lowest BCUT2D eigenvalue weighted by Crippen LogP contribution is -1.79. The van der Waals surface area contributed by atoms with E-state index in [1.165, 1.54) is 8.93 Å². The molecule has 0 heterocycles. The van der Waals surface area contributed by atoms with Gasteiger partial charge in [-0.05, 0) is 8.93 Å². The quantitative estimate of drug-likeness (QED) is 0.479. The van der Waals surface area contributed by atoms with Gasteiger partial charge in [0, 0.05) is 0 Å². The zero-order valence-electron chi connectivity index (χ0n) is 4.75. The molecule has 0 amide bonds. The summed E-state index contributed by atoms with van der Waals surface area (Å²) in [6.07, 6.45) is 0. The molecule has 6 N–H and O–H groups in total. The number of hydrogen-bond donors (Lipinski definition) is 4. The van der Waals surface area contributed by atoms with Crippen molar-refractivity contribution in [3.8, 4) is 0 Å². The highest BCUT2D eigenvalue weighted by molar-refractivity contribution is 8.13. The summed E-state index contributed by atoms with van der Waals surface area (Å²) in [7, 11) is -7.68. The third kappa shape index (κ3) is 11.5. The van der Waals surface area contributed by atoms with Gasteiger partial charge >= 0.3 is 15.1 Å². The molecule has 0 aliphatic heterocycles. The second-order valence-corrected chi connectivity index (χ2v) is 5.86. The fraction of sp³-hybridized carbons (Fsp3) is 0. The minimum Gasteiger partial charge on any atom is -0.344 e. The summed E-state index contributed by atoms with van der Waals surface area (Å²) < 4.78 is 23.2. The monoisotopic (exact) mass is 211 g/mol. The average molecular weight is 211 g/mol. The summed E-state index contributed by atoms with van der Waals surface area (Å²) in [5.41, 5.74) is 0. The minimum absolute atomic E-state index is 0. The molecule has 10 heteroatoms. The third-order valence-corrected chi connectivity index (χ3v) is 2.86. The molecule has 0 aliphatic rings. The Bertz CT molecular complexity index is 153. The van der Waals surface area contributed by atoms with Gasteiger partial charge in [-0.25, -0.2) is 8.88 Å².